The summed E-state index contributed by atoms with van der Waals surface area (Å²) in [5.41, 5.74) is 5.91. The van der Waals surface area contributed by atoms with Gasteiger partial charge in [-0.25, -0.2) is 13.2 Å². The van der Waals surface area contributed by atoms with E-state index in [0.717, 1.165) is 36.1 Å². The Kier molecular flexibility index (Phi) is 5.08. The van der Waals surface area contributed by atoms with Gasteiger partial charge < -0.3 is 0 Å². The fourth-order valence-corrected chi connectivity index (χ4v) is 3.83. The van der Waals surface area contributed by atoms with Crippen LogP contribution < -0.4 is 0 Å². The average molecular weight is 378 g/mol. The topological polar surface area (TPSA) is 0 Å². The van der Waals surface area contributed by atoms with Crippen molar-refractivity contribution in [2.45, 2.75) is 32.6 Å². The summed E-state index contributed by atoms with van der Waals surface area (Å²) >= 11 is 0. The molecule has 0 N–H and O–H groups in total. The van der Waals surface area contributed by atoms with Crippen LogP contribution in [-0.2, 0) is 19.3 Å². The Hall–Kier alpha value is -2.81. The maximum Gasteiger partial charge on any atom is 0.159 e. The zero-order valence-electron chi connectivity index (χ0n) is 15.7. The summed E-state index contributed by atoms with van der Waals surface area (Å²) in [5, 5.41) is 0. The molecule has 0 radical (unpaired) electrons. The molecule has 142 valence electrons. The molecule has 4 rings (SSSR count). The van der Waals surface area contributed by atoms with E-state index in [1.165, 1.54) is 17.2 Å². The van der Waals surface area contributed by atoms with Gasteiger partial charge in [-0.05, 0) is 64.8 Å². The summed E-state index contributed by atoms with van der Waals surface area (Å²) < 4.78 is 41.8. The Labute approximate surface area is 163 Å². The van der Waals surface area contributed by atoms with E-state index in [1.54, 1.807) is 6.07 Å². The van der Waals surface area contributed by atoms with Gasteiger partial charge in [0.05, 0.1) is 0 Å². The monoisotopic (exact) mass is 378 g/mol. The molecule has 3 heteroatoms. The molecule has 0 nitrogen and oxygen atoms in total. The summed E-state index contributed by atoms with van der Waals surface area (Å²) in [5.74, 6) is -2.25. The SMILES string of the molecule is CCCc1ccc(C2=CCc3c(ccc(-c4ccc(F)c(F)c4)c3F)C2)cc1. The second kappa shape index (κ2) is 7.67. The summed E-state index contributed by atoms with van der Waals surface area (Å²) in [4.78, 5) is 0. The molecule has 0 unspecified atom stereocenters. The van der Waals surface area contributed by atoms with Gasteiger partial charge in [-0.3, -0.25) is 0 Å². The van der Waals surface area contributed by atoms with Gasteiger partial charge in [-0.1, -0.05) is 61.9 Å². The van der Waals surface area contributed by atoms with E-state index < -0.39 is 11.6 Å². The number of hydrogen-bond acceptors (Lipinski definition) is 0. The van der Waals surface area contributed by atoms with Crippen LogP contribution in [0.1, 0.15) is 35.6 Å². The zero-order valence-corrected chi connectivity index (χ0v) is 15.7. The number of halogens is 3. The van der Waals surface area contributed by atoms with Crippen molar-refractivity contribution in [3.8, 4) is 11.1 Å². The lowest BCUT2D eigenvalue weighted by atomic mass is 9.85. The molecule has 1 aliphatic rings. The van der Waals surface area contributed by atoms with Crippen LogP contribution in [0.5, 0.6) is 0 Å². The molecule has 0 aliphatic heterocycles. The molecule has 0 heterocycles. The highest BCUT2D eigenvalue weighted by atomic mass is 19.2. The minimum atomic E-state index is -0.969. The Morgan fingerprint density at radius 3 is 2.29 bits per heavy atom. The number of rotatable bonds is 4. The zero-order chi connectivity index (χ0) is 19.7. The highest BCUT2D eigenvalue weighted by molar-refractivity contribution is 5.73. The quantitative estimate of drug-likeness (QED) is 0.463. The van der Waals surface area contributed by atoms with Crippen LogP contribution >= 0.6 is 0 Å². The number of aryl methyl sites for hydroxylation is 1. The molecule has 0 amide bonds. The third-order valence-corrected chi connectivity index (χ3v) is 5.37. The Morgan fingerprint density at radius 2 is 1.57 bits per heavy atom. The molecule has 0 fully saturated rings. The smallest absolute Gasteiger partial charge is 0.159 e. The van der Waals surface area contributed by atoms with Gasteiger partial charge in [0.15, 0.2) is 11.6 Å². The first kappa shape index (κ1) is 18.5. The predicted molar refractivity (Wildman–Crippen MR) is 108 cm³/mol. The third kappa shape index (κ3) is 3.49. The van der Waals surface area contributed by atoms with Crippen molar-refractivity contribution in [1.82, 2.24) is 0 Å². The van der Waals surface area contributed by atoms with E-state index >= 15 is 4.39 Å². The van der Waals surface area contributed by atoms with Gasteiger partial charge in [0.1, 0.15) is 5.82 Å². The van der Waals surface area contributed by atoms with Crippen molar-refractivity contribution >= 4 is 5.57 Å². The highest BCUT2D eigenvalue weighted by Gasteiger charge is 2.19. The maximum absolute atomic E-state index is 15.1. The van der Waals surface area contributed by atoms with Gasteiger partial charge in [0, 0.05) is 5.56 Å². The van der Waals surface area contributed by atoms with Gasteiger partial charge in [-0.2, -0.15) is 0 Å². The van der Waals surface area contributed by atoms with Crippen LogP contribution in [0.25, 0.3) is 16.7 Å². The van der Waals surface area contributed by atoms with Gasteiger partial charge in [0.25, 0.3) is 0 Å². The molecule has 0 saturated carbocycles. The van der Waals surface area contributed by atoms with Crippen molar-refractivity contribution in [2.24, 2.45) is 0 Å². The number of allylic oxidation sites excluding steroid dienone is 2. The fraction of sp³-hybridized carbons (Fsp3) is 0.200. The summed E-state index contributed by atoms with van der Waals surface area (Å²) in [6.07, 6.45) is 5.41. The largest absolute Gasteiger partial charge is 0.206 e. The molecule has 1 aliphatic carbocycles. The molecule has 0 aromatic heterocycles. The van der Waals surface area contributed by atoms with Gasteiger partial charge in [-0.15, -0.1) is 0 Å². The lowest BCUT2D eigenvalue weighted by molar-refractivity contribution is 0.509. The molecule has 3 aromatic carbocycles. The second-order valence-electron chi connectivity index (χ2n) is 7.25. The molecule has 0 saturated heterocycles. The summed E-state index contributed by atoms with van der Waals surface area (Å²) in [7, 11) is 0. The third-order valence-electron chi connectivity index (χ3n) is 5.37. The van der Waals surface area contributed by atoms with Gasteiger partial charge >= 0.3 is 0 Å². The predicted octanol–water partition coefficient (Wildman–Crippen LogP) is 6.91. The first-order valence-corrected chi connectivity index (χ1v) is 9.61. The van der Waals surface area contributed by atoms with E-state index in [9.17, 15) is 8.78 Å². The normalized spacial score (nSPS) is 13.2. The van der Waals surface area contributed by atoms with Crippen molar-refractivity contribution < 1.29 is 13.2 Å². The maximum atomic E-state index is 15.1. The molecular weight excluding hydrogens is 357 g/mol. The summed E-state index contributed by atoms with van der Waals surface area (Å²) in [6, 6.07) is 15.6. The van der Waals surface area contributed by atoms with Crippen LogP contribution in [0, 0.1) is 17.5 Å². The molecule has 0 atom stereocenters. The first-order valence-electron chi connectivity index (χ1n) is 9.61. The van der Waals surface area contributed by atoms with E-state index in [1.807, 2.05) is 6.07 Å². The van der Waals surface area contributed by atoms with Crippen molar-refractivity contribution in [3.05, 3.63) is 100 Å². The Balaban J connectivity index is 1.63. The summed E-state index contributed by atoms with van der Waals surface area (Å²) in [6.45, 7) is 2.16. The van der Waals surface area contributed by atoms with Crippen LogP contribution in [0.4, 0.5) is 13.2 Å². The van der Waals surface area contributed by atoms with Crippen LogP contribution in [-0.4, -0.2) is 0 Å². The van der Waals surface area contributed by atoms with Crippen LogP contribution in [0.15, 0.2) is 60.7 Å². The standard InChI is InChI=1S/C25H21F3/c1-2-3-16-4-6-17(7-5-16)18-8-11-21-19(14-18)9-12-22(25(21)28)20-10-13-23(26)24(27)15-20/h4-10,12-13,15H,2-3,11,14H2,1H3. The van der Waals surface area contributed by atoms with Gasteiger partial charge in [0.2, 0.25) is 0 Å². The minimum Gasteiger partial charge on any atom is -0.206 e. The minimum absolute atomic E-state index is 0.304. The molecule has 0 bridgehead atoms. The van der Waals surface area contributed by atoms with Crippen molar-refractivity contribution in [2.75, 3.05) is 0 Å². The lowest BCUT2D eigenvalue weighted by Crippen LogP contribution is -2.06. The molecule has 28 heavy (non-hydrogen) atoms. The second-order valence-corrected chi connectivity index (χ2v) is 7.25. The Morgan fingerprint density at radius 1 is 0.821 bits per heavy atom. The fourth-order valence-electron chi connectivity index (χ4n) is 3.83. The number of hydrogen-bond donors (Lipinski definition) is 0. The van der Waals surface area contributed by atoms with E-state index in [2.05, 4.69) is 37.3 Å². The van der Waals surface area contributed by atoms with Crippen LogP contribution in [0.2, 0.25) is 0 Å². The molecule has 0 spiro atoms. The highest BCUT2D eigenvalue weighted by Crippen LogP contribution is 2.34. The molecule has 3 aromatic rings. The van der Waals surface area contributed by atoms with Crippen molar-refractivity contribution in [1.29, 1.82) is 0 Å². The number of benzene rings is 3. The average Bonchev–Trinajstić information content (AvgIpc) is 2.71. The van der Waals surface area contributed by atoms with Crippen molar-refractivity contribution in [3.63, 3.8) is 0 Å². The van der Waals surface area contributed by atoms with E-state index in [0.29, 0.717) is 29.5 Å². The lowest BCUT2D eigenvalue weighted by Gasteiger charge is -2.20. The number of fused-ring (bicyclic) bond motifs is 1. The molecular formula is C25H21F3. The van der Waals surface area contributed by atoms with Crippen LogP contribution in [0.3, 0.4) is 0 Å². The Bertz CT molecular complexity index is 1050. The van der Waals surface area contributed by atoms with E-state index in [-0.39, 0.29) is 5.82 Å². The first-order chi connectivity index (χ1) is 13.6. The van der Waals surface area contributed by atoms with E-state index in [4.69, 9.17) is 0 Å².